The zero-order chi connectivity index (χ0) is 16.2. The summed E-state index contributed by atoms with van der Waals surface area (Å²) in [4.78, 5) is 36.4. The third-order valence-electron chi connectivity index (χ3n) is 4.13. The molecule has 0 spiro atoms. The summed E-state index contributed by atoms with van der Waals surface area (Å²) in [5, 5.41) is 8.75. The fourth-order valence-electron chi connectivity index (χ4n) is 2.80. The van der Waals surface area contributed by atoms with Crippen LogP contribution in [0.25, 0.3) is 0 Å². The minimum absolute atomic E-state index is 0.0503. The molecule has 7 heteroatoms. The summed E-state index contributed by atoms with van der Waals surface area (Å²) < 4.78 is 0. The molecule has 3 N–H and O–H groups in total. The van der Waals surface area contributed by atoms with Gasteiger partial charge in [-0.3, -0.25) is 14.5 Å². The third-order valence-corrected chi connectivity index (χ3v) is 4.13. The molecule has 0 saturated carbocycles. The lowest BCUT2D eigenvalue weighted by Crippen LogP contribution is -2.45. The zero-order valence-corrected chi connectivity index (χ0v) is 12.8. The van der Waals surface area contributed by atoms with E-state index in [1.165, 1.54) is 4.90 Å². The van der Waals surface area contributed by atoms with Crippen molar-refractivity contribution in [3.63, 3.8) is 0 Å². The third kappa shape index (κ3) is 3.68. The Hall–Kier alpha value is -2.41. The van der Waals surface area contributed by atoms with Crippen molar-refractivity contribution in [2.24, 2.45) is 0 Å². The average molecular weight is 316 g/mol. The fourth-order valence-corrected chi connectivity index (χ4v) is 2.80. The number of amides is 4. The summed E-state index contributed by atoms with van der Waals surface area (Å²) in [5.41, 5.74) is 1.39. The molecule has 2 saturated heterocycles. The Balaban J connectivity index is 1.59. The predicted octanol–water partition coefficient (Wildman–Crippen LogP) is 0.220. The van der Waals surface area contributed by atoms with E-state index in [0.29, 0.717) is 5.56 Å². The van der Waals surface area contributed by atoms with Gasteiger partial charge < -0.3 is 16.0 Å². The first-order valence-electron chi connectivity index (χ1n) is 7.82. The summed E-state index contributed by atoms with van der Waals surface area (Å²) in [5.74, 6) is -0.332. The number of urea groups is 1. The summed E-state index contributed by atoms with van der Waals surface area (Å²) in [6.45, 7) is 2.08. The molecule has 2 aliphatic heterocycles. The smallest absolute Gasteiger partial charge is 0.324 e. The van der Waals surface area contributed by atoms with E-state index in [2.05, 4.69) is 16.0 Å². The molecule has 4 amide bonds. The van der Waals surface area contributed by atoms with Crippen LogP contribution in [0.3, 0.4) is 0 Å². The highest BCUT2D eigenvalue weighted by molar-refractivity contribution is 6.01. The van der Waals surface area contributed by atoms with Crippen LogP contribution in [-0.4, -0.2) is 48.4 Å². The first-order valence-corrected chi connectivity index (χ1v) is 7.82. The van der Waals surface area contributed by atoms with Crippen molar-refractivity contribution in [1.29, 1.82) is 0 Å². The summed E-state index contributed by atoms with van der Waals surface area (Å²) >= 11 is 0. The van der Waals surface area contributed by atoms with E-state index in [1.54, 1.807) is 24.3 Å². The number of carbonyl (C=O) groups is 3. The molecule has 2 aliphatic rings. The van der Waals surface area contributed by atoms with Gasteiger partial charge in [0.25, 0.3) is 5.91 Å². The minimum atomic E-state index is -0.374. The van der Waals surface area contributed by atoms with Gasteiger partial charge in [-0.1, -0.05) is 12.1 Å². The van der Waals surface area contributed by atoms with Gasteiger partial charge in [-0.15, -0.1) is 0 Å². The van der Waals surface area contributed by atoms with E-state index in [4.69, 9.17) is 0 Å². The molecule has 0 radical (unpaired) electrons. The standard InChI is InChI=1S/C16H20N4O3/c21-14-9-18-16(23)20(14)10-11-3-5-12(6-4-11)15(22)19-13-2-1-7-17-8-13/h3-6,13,17H,1-2,7-10H2,(H,18,23)(H,19,22). The second-order valence-corrected chi connectivity index (χ2v) is 5.85. The summed E-state index contributed by atoms with van der Waals surface area (Å²) in [7, 11) is 0. The molecule has 122 valence electrons. The predicted molar refractivity (Wildman–Crippen MR) is 83.7 cm³/mol. The van der Waals surface area contributed by atoms with Crippen LogP contribution in [0.5, 0.6) is 0 Å². The molecular weight excluding hydrogens is 296 g/mol. The number of hydrogen-bond donors (Lipinski definition) is 3. The largest absolute Gasteiger partial charge is 0.348 e. The van der Waals surface area contributed by atoms with Crippen LogP contribution in [0, 0.1) is 0 Å². The molecule has 2 heterocycles. The first kappa shape index (κ1) is 15.5. The summed E-state index contributed by atoms with van der Waals surface area (Å²) in [6, 6.07) is 6.78. The Morgan fingerprint density at radius 2 is 2.04 bits per heavy atom. The van der Waals surface area contributed by atoms with Gasteiger partial charge in [0.2, 0.25) is 5.91 Å². The van der Waals surface area contributed by atoms with Crippen LogP contribution < -0.4 is 16.0 Å². The van der Waals surface area contributed by atoms with Crippen LogP contribution in [0.15, 0.2) is 24.3 Å². The Bertz CT molecular complexity index is 592. The van der Waals surface area contributed by atoms with Gasteiger partial charge in [-0.2, -0.15) is 0 Å². The molecule has 7 nitrogen and oxygen atoms in total. The number of hydrogen-bond acceptors (Lipinski definition) is 4. The second kappa shape index (κ2) is 6.78. The number of rotatable bonds is 4. The number of imide groups is 1. The van der Waals surface area contributed by atoms with Gasteiger partial charge in [0.05, 0.1) is 13.1 Å². The van der Waals surface area contributed by atoms with Gasteiger partial charge in [0.1, 0.15) is 0 Å². The van der Waals surface area contributed by atoms with Crippen molar-refractivity contribution in [3.8, 4) is 0 Å². The van der Waals surface area contributed by atoms with E-state index in [1.807, 2.05) is 0 Å². The van der Waals surface area contributed by atoms with E-state index >= 15 is 0 Å². The topological polar surface area (TPSA) is 90.5 Å². The van der Waals surface area contributed by atoms with Gasteiger partial charge >= 0.3 is 6.03 Å². The van der Waals surface area contributed by atoms with Crippen molar-refractivity contribution in [2.75, 3.05) is 19.6 Å². The fraction of sp³-hybridized carbons (Fsp3) is 0.438. The van der Waals surface area contributed by atoms with Crippen molar-refractivity contribution >= 4 is 17.8 Å². The van der Waals surface area contributed by atoms with Crippen molar-refractivity contribution < 1.29 is 14.4 Å². The van der Waals surface area contributed by atoms with Gasteiger partial charge in [-0.25, -0.2) is 4.79 Å². The van der Waals surface area contributed by atoms with Crippen LogP contribution >= 0.6 is 0 Å². The van der Waals surface area contributed by atoms with Gasteiger partial charge in [0, 0.05) is 18.2 Å². The summed E-state index contributed by atoms with van der Waals surface area (Å²) in [6.07, 6.45) is 2.05. The molecule has 1 unspecified atom stereocenters. The highest BCUT2D eigenvalue weighted by Gasteiger charge is 2.28. The highest BCUT2D eigenvalue weighted by atomic mass is 16.2. The maximum absolute atomic E-state index is 12.2. The molecule has 0 aliphatic carbocycles. The number of nitrogens with one attached hydrogen (secondary N) is 3. The second-order valence-electron chi connectivity index (χ2n) is 5.85. The Kier molecular flexibility index (Phi) is 4.57. The molecule has 3 rings (SSSR count). The molecule has 1 atom stereocenters. The lowest BCUT2D eigenvalue weighted by Gasteiger charge is -2.23. The monoisotopic (exact) mass is 316 g/mol. The van der Waals surface area contributed by atoms with Crippen LogP contribution in [0.1, 0.15) is 28.8 Å². The van der Waals surface area contributed by atoms with E-state index in [9.17, 15) is 14.4 Å². The maximum Gasteiger partial charge on any atom is 0.324 e. The Morgan fingerprint density at radius 1 is 1.26 bits per heavy atom. The number of piperidine rings is 1. The lowest BCUT2D eigenvalue weighted by atomic mass is 10.1. The van der Waals surface area contributed by atoms with E-state index < -0.39 is 0 Å². The van der Waals surface area contributed by atoms with Crippen LogP contribution in [0.4, 0.5) is 4.79 Å². The minimum Gasteiger partial charge on any atom is -0.348 e. The molecular formula is C16H20N4O3. The number of carbonyl (C=O) groups excluding carboxylic acids is 3. The van der Waals surface area contributed by atoms with Gasteiger partial charge in [0.15, 0.2) is 0 Å². The normalized spacial score (nSPS) is 21.2. The van der Waals surface area contributed by atoms with Crippen molar-refractivity contribution in [2.45, 2.75) is 25.4 Å². The molecule has 0 bridgehead atoms. The van der Waals surface area contributed by atoms with Crippen LogP contribution in [-0.2, 0) is 11.3 Å². The van der Waals surface area contributed by atoms with Crippen molar-refractivity contribution in [3.05, 3.63) is 35.4 Å². The first-order chi connectivity index (χ1) is 11.1. The SMILES string of the molecule is O=C(NC1CCCNC1)c1ccc(CN2C(=O)CNC2=O)cc1. The maximum atomic E-state index is 12.2. The molecule has 23 heavy (non-hydrogen) atoms. The number of nitrogens with zero attached hydrogens (tertiary/aromatic N) is 1. The quantitative estimate of drug-likeness (QED) is 0.693. The lowest BCUT2D eigenvalue weighted by molar-refractivity contribution is -0.125. The van der Waals surface area contributed by atoms with Crippen LogP contribution in [0.2, 0.25) is 0 Å². The molecule has 2 fully saturated rings. The zero-order valence-electron chi connectivity index (χ0n) is 12.8. The Morgan fingerprint density at radius 3 is 2.65 bits per heavy atom. The van der Waals surface area contributed by atoms with Crippen molar-refractivity contribution in [1.82, 2.24) is 20.9 Å². The average Bonchev–Trinajstić information content (AvgIpc) is 2.88. The molecule has 1 aromatic rings. The van der Waals surface area contributed by atoms with Gasteiger partial charge in [-0.05, 0) is 37.1 Å². The molecule has 1 aromatic carbocycles. The highest BCUT2D eigenvalue weighted by Crippen LogP contribution is 2.11. The van der Waals surface area contributed by atoms with E-state index in [-0.39, 0.29) is 37.0 Å². The van der Waals surface area contributed by atoms with E-state index in [0.717, 1.165) is 31.5 Å². The molecule has 0 aromatic heterocycles. The number of benzene rings is 1. The Labute approximate surface area is 134 Å².